The standard InChI is InChI=1S/C34H29BrClN5O2S/c1-21-7-5-11-27(17-21)38-32(42)30-22(2)37-33-39-34(44-20-25-9-3-4-12-29(25)36)40-41(33)31(30)24-13-15-28(16-14-24)43-19-23-8-6-10-26(35)18-23/h3-18,31H,19-20H2,1-2H3,(H,38,42)(H,37,39,40). The van der Waals surface area contributed by atoms with E-state index in [0.29, 0.717) is 39.8 Å². The topological polar surface area (TPSA) is 81.1 Å². The van der Waals surface area contributed by atoms with Gasteiger partial charge >= 0.3 is 0 Å². The number of thioether (sulfide) groups is 1. The maximum Gasteiger partial charge on any atom is 0.255 e. The zero-order valence-corrected chi connectivity index (χ0v) is 27.2. The van der Waals surface area contributed by atoms with Crippen LogP contribution < -0.4 is 15.4 Å². The van der Waals surface area contributed by atoms with Crippen molar-refractivity contribution in [1.29, 1.82) is 0 Å². The van der Waals surface area contributed by atoms with E-state index < -0.39 is 6.04 Å². The zero-order valence-electron chi connectivity index (χ0n) is 24.1. The molecule has 0 bridgehead atoms. The van der Waals surface area contributed by atoms with Crippen LogP contribution in [0.4, 0.5) is 11.6 Å². The molecule has 44 heavy (non-hydrogen) atoms. The summed E-state index contributed by atoms with van der Waals surface area (Å²) in [6, 6.07) is 30.8. The highest BCUT2D eigenvalue weighted by Gasteiger charge is 2.34. The van der Waals surface area contributed by atoms with Crippen molar-refractivity contribution in [2.75, 3.05) is 10.6 Å². The van der Waals surface area contributed by atoms with Crippen LogP contribution in [-0.2, 0) is 17.2 Å². The highest BCUT2D eigenvalue weighted by Crippen LogP contribution is 2.38. The summed E-state index contributed by atoms with van der Waals surface area (Å²) in [6.45, 7) is 4.33. The van der Waals surface area contributed by atoms with Gasteiger partial charge in [0.15, 0.2) is 0 Å². The number of fused-ring (bicyclic) bond motifs is 1. The van der Waals surface area contributed by atoms with Crippen molar-refractivity contribution in [3.05, 3.63) is 140 Å². The Hall–Kier alpha value is -4.05. The minimum Gasteiger partial charge on any atom is -0.489 e. The van der Waals surface area contributed by atoms with Crippen LogP contribution in [0.1, 0.15) is 35.2 Å². The number of allylic oxidation sites excluding steroid dienone is 1. The van der Waals surface area contributed by atoms with Gasteiger partial charge in [0.05, 0.1) is 5.57 Å². The third kappa shape index (κ3) is 6.85. The molecule has 1 atom stereocenters. The molecule has 0 spiro atoms. The lowest BCUT2D eigenvalue weighted by Crippen LogP contribution is -2.31. The summed E-state index contributed by atoms with van der Waals surface area (Å²) in [5, 5.41) is 12.5. The van der Waals surface area contributed by atoms with Gasteiger partial charge < -0.3 is 15.4 Å². The number of hydrogen-bond acceptors (Lipinski definition) is 6. The second kappa shape index (κ2) is 13.3. The number of amides is 1. The summed E-state index contributed by atoms with van der Waals surface area (Å²) in [4.78, 5) is 18.6. The second-order valence-corrected chi connectivity index (χ2v) is 12.7. The van der Waals surface area contributed by atoms with E-state index in [2.05, 4.69) is 26.6 Å². The molecule has 0 radical (unpaired) electrons. The maximum atomic E-state index is 13.9. The summed E-state index contributed by atoms with van der Waals surface area (Å²) in [7, 11) is 0. The fourth-order valence-corrected chi connectivity index (χ4v) is 6.58. The summed E-state index contributed by atoms with van der Waals surface area (Å²) in [6.07, 6.45) is 0. The van der Waals surface area contributed by atoms with E-state index in [-0.39, 0.29) is 5.91 Å². The number of aromatic nitrogens is 3. The number of anilines is 2. The van der Waals surface area contributed by atoms with Crippen LogP contribution in [0.25, 0.3) is 0 Å². The van der Waals surface area contributed by atoms with Gasteiger partial charge in [0, 0.05) is 26.6 Å². The molecule has 222 valence electrons. The van der Waals surface area contributed by atoms with Gasteiger partial charge in [-0.2, -0.15) is 4.98 Å². The lowest BCUT2D eigenvalue weighted by molar-refractivity contribution is -0.113. The molecular formula is C34H29BrClN5O2S. The molecule has 0 saturated heterocycles. The molecule has 6 rings (SSSR count). The minimum atomic E-state index is -0.516. The fourth-order valence-electron chi connectivity index (χ4n) is 5.01. The Kier molecular flexibility index (Phi) is 9.07. The smallest absolute Gasteiger partial charge is 0.255 e. The van der Waals surface area contributed by atoms with Gasteiger partial charge in [-0.15, -0.1) is 5.10 Å². The first-order valence-electron chi connectivity index (χ1n) is 14.0. The number of nitrogens with zero attached hydrogens (tertiary/aromatic N) is 3. The lowest BCUT2D eigenvalue weighted by Gasteiger charge is -2.28. The molecule has 2 heterocycles. The van der Waals surface area contributed by atoms with Crippen LogP contribution in [-0.4, -0.2) is 20.7 Å². The van der Waals surface area contributed by atoms with Crippen molar-refractivity contribution in [2.45, 2.75) is 37.4 Å². The van der Waals surface area contributed by atoms with E-state index >= 15 is 0 Å². The Balaban J connectivity index is 1.30. The molecule has 0 saturated carbocycles. The van der Waals surface area contributed by atoms with Gasteiger partial charge in [-0.1, -0.05) is 93.9 Å². The van der Waals surface area contributed by atoms with Crippen LogP contribution in [0.15, 0.2) is 118 Å². The molecule has 0 aliphatic carbocycles. The van der Waals surface area contributed by atoms with Gasteiger partial charge in [0.25, 0.3) is 5.91 Å². The average Bonchev–Trinajstić information content (AvgIpc) is 3.41. The summed E-state index contributed by atoms with van der Waals surface area (Å²) in [5.41, 5.74) is 5.98. The number of ether oxygens (including phenoxy) is 1. The first-order chi connectivity index (χ1) is 21.3. The van der Waals surface area contributed by atoms with Crippen molar-refractivity contribution < 1.29 is 9.53 Å². The number of aryl methyl sites for hydroxylation is 1. The fraction of sp³-hybridized carbons (Fsp3) is 0.147. The number of hydrogen-bond donors (Lipinski definition) is 2. The van der Waals surface area contributed by atoms with E-state index in [1.165, 1.54) is 11.8 Å². The number of nitrogens with one attached hydrogen (secondary N) is 2. The van der Waals surface area contributed by atoms with Crippen molar-refractivity contribution in [3.8, 4) is 5.75 Å². The highest BCUT2D eigenvalue weighted by molar-refractivity contribution is 9.10. The summed E-state index contributed by atoms with van der Waals surface area (Å²) >= 11 is 11.4. The number of carbonyl (C=O) groups excluding carboxylic acids is 1. The van der Waals surface area contributed by atoms with Crippen LogP contribution >= 0.6 is 39.3 Å². The van der Waals surface area contributed by atoms with Crippen molar-refractivity contribution >= 4 is 56.8 Å². The Morgan fingerprint density at radius 2 is 1.82 bits per heavy atom. The number of rotatable bonds is 9. The van der Waals surface area contributed by atoms with Crippen LogP contribution in [0.2, 0.25) is 5.02 Å². The zero-order chi connectivity index (χ0) is 30.6. The quantitative estimate of drug-likeness (QED) is 0.151. The molecule has 0 fully saturated rings. The predicted octanol–water partition coefficient (Wildman–Crippen LogP) is 8.80. The van der Waals surface area contributed by atoms with Gasteiger partial charge in [-0.05, 0) is 78.6 Å². The second-order valence-electron chi connectivity index (χ2n) is 10.4. The Morgan fingerprint density at radius 3 is 2.59 bits per heavy atom. The predicted molar refractivity (Wildman–Crippen MR) is 180 cm³/mol. The molecule has 1 aliphatic rings. The Morgan fingerprint density at radius 1 is 1.02 bits per heavy atom. The van der Waals surface area contributed by atoms with Gasteiger partial charge in [0.2, 0.25) is 11.1 Å². The number of halogens is 2. The van der Waals surface area contributed by atoms with Crippen molar-refractivity contribution in [1.82, 2.24) is 14.8 Å². The molecule has 5 aromatic rings. The molecule has 1 aliphatic heterocycles. The lowest BCUT2D eigenvalue weighted by atomic mass is 9.95. The molecule has 1 amide bonds. The minimum absolute atomic E-state index is 0.216. The largest absolute Gasteiger partial charge is 0.489 e. The molecule has 1 aromatic heterocycles. The third-order valence-corrected chi connectivity index (χ3v) is 8.91. The molecular weight excluding hydrogens is 658 g/mol. The van der Waals surface area contributed by atoms with Gasteiger partial charge in [-0.25, -0.2) is 4.68 Å². The van der Waals surface area contributed by atoms with Crippen molar-refractivity contribution in [2.24, 2.45) is 0 Å². The van der Waals surface area contributed by atoms with Gasteiger partial charge in [-0.3, -0.25) is 4.79 Å². The first kappa shape index (κ1) is 30.0. The van der Waals surface area contributed by atoms with E-state index in [1.54, 1.807) is 4.68 Å². The Bertz CT molecular complexity index is 1860. The average molecular weight is 687 g/mol. The molecule has 2 N–H and O–H groups in total. The normalized spacial score (nSPS) is 14.1. The van der Waals surface area contributed by atoms with E-state index in [0.717, 1.165) is 38.2 Å². The van der Waals surface area contributed by atoms with E-state index in [4.69, 9.17) is 26.4 Å². The van der Waals surface area contributed by atoms with Crippen LogP contribution in [0.3, 0.4) is 0 Å². The van der Waals surface area contributed by atoms with E-state index in [1.807, 2.05) is 111 Å². The summed E-state index contributed by atoms with van der Waals surface area (Å²) in [5.74, 6) is 1.69. The highest BCUT2D eigenvalue weighted by atomic mass is 79.9. The molecule has 4 aromatic carbocycles. The first-order valence-corrected chi connectivity index (χ1v) is 16.2. The molecule has 10 heteroatoms. The Labute approximate surface area is 273 Å². The van der Waals surface area contributed by atoms with Gasteiger partial charge in [0.1, 0.15) is 18.4 Å². The number of carbonyl (C=O) groups is 1. The summed E-state index contributed by atoms with van der Waals surface area (Å²) < 4.78 is 8.85. The van der Waals surface area contributed by atoms with E-state index in [9.17, 15) is 4.79 Å². The monoisotopic (exact) mass is 685 g/mol. The molecule has 1 unspecified atom stereocenters. The van der Waals surface area contributed by atoms with Crippen LogP contribution in [0, 0.1) is 6.92 Å². The number of benzene rings is 4. The maximum absolute atomic E-state index is 13.9. The SMILES string of the molecule is CC1=C(C(=O)Nc2cccc(C)c2)C(c2ccc(OCc3cccc(Br)c3)cc2)n2nc(SCc3ccccc3Cl)nc2N1. The van der Waals surface area contributed by atoms with Crippen molar-refractivity contribution in [3.63, 3.8) is 0 Å². The van der Waals surface area contributed by atoms with Crippen LogP contribution in [0.5, 0.6) is 5.75 Å². The third-order valence-electron chi connectivity index (χ3n) is 7.16. The molecule has 7 nitrogen and oxygen atoms in total.